The molecule has 0 spiro atoms. The van der Waals surface area contributed by atoms with Crippen LogP contribution in [0.3, 0.4) is 0 Å². The molecule has 0 unspecified atom stereocenters. The quantitative estimate of drug-likeness (QED) is 0.669. The number of hydrogen-bond donors (Lipinski definition) is 0. The summed E-state index contributed by atoms with van der Waals surface area (Å²) in [5.41, 5.74) is 0.639. The molecule has 0 N–H and O–H groups in total. The third-order valence-corrected chi connectivity index (χ3v) is 3.49. The van der Waals surface area contributed by atoms with Crippen LogP contribution in [-0.4, -0.2) is 14.8 Å². The average molecular weight is 363 g/mol. The first-order valence-electron chi connectivity index (χ1n) is 7.76. The van der Waals surface area contributed by atoms with Crippen molar-refractivity contribution in [2.75, 3.05) is 0 Å². The predicted octanol–water partition coefficient (Wildman–Crippen LogP) is 4.51. The highest BCUT2D eigenvalue weighted by molar-refractivity contribution is 5.28. The van der Waals surface area contributed by atoms with Crippen LogP contribution < -0.4 is 9.47 Å². The molecule has 0 bridgehead atoms. The summed E-state index contributed by atoms with van der Waals surface area (Å²) in [6.45, 7) is 2.17. The highest BCUT2D eigenvalue weighted by Gasteiger charge is 2.35. The van der Waals surface area contributed by atoms with Gasteiger partial charge in [0.25, 0.3) is 0 Å². The molecule has 1 aromatic carbocycles. The monoisotopic (exact) mass is 363 g/mol. The van der Waals surface area contributed by atoms with Gasteiger partial charge in [-0.15, -0.1) is 0 Å². The Balaban J connectivity index is 1.70. The summed E-state index contributed by atoms with van der Waals surface area (Å²) in [4.78, 5) is 4.25. The second-order valence-corrected chi connectivity index (χ2v) is 5.66. The number of nitrogens with zero attached hydrogens (tertiary/aromatic N) is 3. The molecule has 26 heavy (non-hydrogen) atoms. The van der Waals surface area contributed by atoms with E-state index < -0.39 is 11.9 Å². The lowest BCUT2D eigenvalue weighted by Gasteiger charge is -2.08. The Kier molecular flexibility index (Phi) is 4.83. The first kappa shape index (κ1) is 17.8. The lowest BCUT2D eigenvalue weighted by molar-refractivity contribution is -0.141. The van der Waals surface area contributed by atoms with Gasteiger partial charge in [-0.3, -0.25) is 0 Å². The molecule has 2 heterocycles. The van der Waals surface area contributed by atoms with Crippen molar-refractivity contribution < 1.29 is 22.6 Å². The van der Waals surface area contributed by atoms with Gasteiger partial charge in [0.2, 0.25) is 11.8 Å². The third kappa shape index (κ3) is 4.33. The van der Waals surface area contributed by atoms with Gasteiger partial charge in [-0.1, -0.05) is 18.2 Å². The minimum absolute atomic E-state index is 0.0541. The van der Waals surface area contributed by atoms with Crippen LogP contribution in [0.5, 0.6) is 17.5 Å². The van der Waals surface area contributed by atoms with Crippen LogP contribution in [0, 0.1) is 6.92 Å². The second kappa shape index (κ2) is 7.07. The molecule has 5 nitrogen and oxygen atoms in total. The second-order valence-electron chi connectivity index (χ2n) is 5.66. The Labute approximate surface area is 148 Å². The molecule has 0 fully saturated rings. The SMILES string of the molecule is Cc1cccc(OCc2cccc(Oc3cc(C(F)(F)F)nn3C)n2)c1. The Bertz CT molecular complexity index is 907. The number of aromatic nitrogens is 3. The standard InChI is InChI=1S/C18H16F3N3O2/c1-12-5-3-7-14(9-12)25-11-13-6-4-8-16(22-13)26-17-10-15(18(19,20)21)23-24(17)2/h3-10H,11H2,1-2H3. The van der Waals surface area contributed by atoms with Gasteiger partial charge in [-0.2, -0.15) is 18.3 Å². The number of rotatable bonds is 5. The van der Waals surface area contributed by atoms with Crippen molar-refractivity contribution in [2.24, 2.45) is 7.05 Å². The largest absolute Gasteiger partial charge is 0.487 e. The smallest absolute Gasteiger partial charge is 0.435 e. The molecule has 0 amide bonds. The highest BCUT2D eigenvalue weighted by Crippen LogP contribution is 2.31. The molecule has 0 saturated heterocycles. The lowest BCUT2D eigenvalue weighted by atomic mass is 10.2. The van der Waals surface area contributed by atoms with Crippen molar-refractivity contribution in [1.82, 2.24) is 14.8 Å². The van der Waals surface area contributed by atoms with E-state index in [4.69, 9.17) is 9.47 Å². The zero-order chi connectivity index (χ0) is 18.7. The topological polar surface area (TPSA) is 49.2 Å². The molecular formula is C18H16F3N3O2. The maximum Gasteiger partial charge on any atom is 0.435 e. The number of ether oxygens (including phenoxy) is 2. The molecule has 0 atom stereocenters. The summed E-state index contributed by atoms with van der Waals surface area (Å²) in [6, 6.07) is 13.4. The van der Waals surface area contributed by atoms with Gasteiger partial charge in [-0.05, 0) is 30.7 Å². The van der Waals surface area contributed by atoms with Crippen molar-refractivity contribution >= 4 is 0 Å². The molecule has 2 aromatic heterocycles. The van der Waals surface area contributed by atoms with Gasteiger partial charge in [0.1, 0.15) is 12.4 Å². The normalized spacial score (nSPS) is 11.4. The van der Waals surface area contributed by atoms with Crippen LogP contribution in [0.25, 0.3) is 0 Å². The molecule has 0 aliphatic rings. The summed E-state index contributed by atoms with van der Waals surface area (Å²) < 4.78 is 50.2. The van der Waals surface area contributed by atoms with E-state index in [0.717, 1.165) is 16.3 Å². The molecule has 8 heteroatoms. The molecule has 0 saturated carbocycles. The Morgan fingerprint density at radius 1 is 1.08 bits per heavy atom. The average Bonchev–Trinajstić information content (AvgIpc) is 2.95. The van der Waals surface area contributed by atoms with Crippen LogP contribution in [0.4, 0.5) is 13.2 Å². The predicted molar refractivity (Wildman–Crippen MR) is 88.0 cm³/mol. The summed E-state index contributed by atoms with van der Waals surface area (Å²) in [7, 11) is 1.37. The molecule has 0 radical (unpaired) electrons. The van der Waals surface area contributed by atoms with Gasteiger partial charge < -0.3 is 9.47 Å². The Morgan fingerprint density at radius 2 is 1.85 bits per heavy atom. The van der Waals surface area contributed by atoms with E-state index in [1.807, 2.05) is 31.2 Å². The number of aryl methyl sites for hydroxylation is 2. The maximum atomic E-state index is 12.7. The van der Waals surface area contributed by atoms with E-state index in [2.05, 4.69) is 10.1 Å². The fourth-order valence-electron chi connectivity index (χ4n) is 2.25. The van der Waals surface area contributed by atoms with Crippen molar-refractivity contribution in [3.8, 4) is 17.5 Å². The summed E-state index contributed by atoms with van der Waals surface area (Å²) in [6.07, 6.45) is -4.53. The van der Waals surface area contributed by atoms with Gasteiger partial charge in [-0.25, -0.2) is 9.67 Å². The first-order valence-corrected chi connectivity index (χ1v) is 7.76. The number of hydrogen-bond acceptors (Lipinski definition) is 4. The summed E-state index contributed by atoms with van der Waals surface area (Å²) in [5.74, 6) is 0.813. The van der Waals surface area contributed by atoms with E-state index >= 15 is 0 Å². The van der Waals surface area contributed by atoms with Crippen LogP contribution >= 0.6 is 0 Å². The van der Waals surface area contributed by atoms with E-state index in [-0.39, 0.29) is 18.4 Å². The number of pyridine rings is 1. The summed E-state index contributed by atoms with van der Waals surface area (Å²) in [5, 5.41) is 3.40. The number of alkyl halides is 3. The zero-order valence-electron chi connectivity index (χ0n) is 14.1. The van der Waals surface area contributed by atoms with Gasteiger partial charge in [0.05, 0.1) is 5.69 Å². The summed E-state index contributed by atoms with van der Waals surface area (Å²) >= 11 is 0. The molecule has 3 aromatic rings. The number of benzene rings is 1. The van der Waals surface area contributed by atoms with Crippen LogP contribution in [0.1, 0.15) is 17.0 Å². The Hall–Kier alpha value is -3.03. The van der Waals surface area contributed by atoms with Gasteiger partial charge in [0.15, 0.2) is 5.69 Å². The van der Waals surface area contributed by atoms with E-state index in [0.29, 0.717) is 11.4 Å². The molecule has 0 aliphatic carbocycles. The van der Waals surface area contributed by atoms with Crippen LogP contribution in [-0.2, 0) is 19.8 Å². The first-order chi connectivity index (χ1) is 12.3. The fourth-order valence-corrected chi connectivity index (χ4v) is 2.25. The van der Waals surface area contributed by atoms with Crippen molar-refractivity contribution in [3.63, 3.8) is 0 Å². The molecule has 136 valence electrons. The van der Waals surface area contributed by atoms with E-state index in [1.165, 1.54) is 7.05 Å². The highest BCUT2D eigenvalue weighted by atomic mass is 19.4. The van der Waals surface area contributed by atoms with Crippen molar-refractivity contribution in [3.05, 3.63) is 65.5 Å². The Morgan fingerprint density at radius 3 is 2.54 bits per heavy atom. The van der Waals surface area contributed by atoms with Gasteiger partial charge in [0, 0.05) is 19.2 Å². The zero-order valence-corrected chi connectivity index (χ0v) is 14.1. The maximum absolute atomic E-state index is 12.7. The molecule has 0 aliphatic heterocycles. The van der Waals surface area contributed by atoms with Crippen LogP contribution in [0.2, 0.25) is 0 Å². The fraction of sp³-hybridized carbons (Fsp3) is 0.222. The number of halogens is 3. The molecule has 3 rings (SSSR count). The molecular weight excluding hydrogens is 347 g/mol. The lowest BCUT2D eigenvalue weighted by Crippen LogP contribution is -2.06. The van der Waals surface area contributed by atoms with Gasteiger partial charge >= 0.3 is 6.18 Å². The van der Waals surface area contributed by atoms with Crippen LogP contribution in [0.15, 0.2) is 48.5 Å². The van der Waals surface area contributed by atoms with E-state index in [1.54, 1.807) is 18.2 Å². The minimum Gasteiger partial charge on any atom is -0.487 e. The van der Waals surface area contributed by atoms with Crippen molar-refractivity contribution in [1.29, 1.82) is 0 Å². The third-order valence-electron chi connectivity index (χ3n) is 3.49. The van der Waals surface area contributed by atoms with Crippen molar-refractivity contribution in [2.45, 2.75) is 19.7 Å². The van der Waals surface area contributed by atoms with E-state index in [9.17, 15) is 13.2 Å². The minimum atomic E-state index is -4.53.